The molecule has 0 saturated carbocycles. The number of carbonyl (C=O) groups is 1. The average molecular weight is 467 g/mol. The van der Waals surface area contributed by atoms with E-state index in [-0.39, 0.29) is 18.7 Å². The van der Waals surface area contributed by atoms with Crippen LogP contribution >= 0.6 is 0 Å². The number of carbonyl (C=O) groups excluding carboxylic acids is 1. The van der Waals surface area contributed by atoms with Gasteiger partial charge in [-0.2, -0.15) is 13.2 Å². The van der Waals surface area contributed by atoms with Crippen molar-refractivity contribution in [1.29, 1.82) is 0 Å². The Labute approximate surface area is 191 Å². The molecule has 180 valence electrons. The maximum Gasteiger partial charge on any atom is 0.411 e. The minimum absolute atomic E-state index is 0.0164. The van der Waals surface area contributed by atoms with E-state index >= 15 is 0 Å². The Bertz CT molecular complexity index is 882. The number of nitrogens with one attached hydrogen (secondary N) is 1. The number of rotatable bonds is 9. The molecule has 1 aliphatic heterocycles. The van der Waals surface area contributed by atoms with E-state index in [1.807, 2.05) is 31.2 Å². The van der Waals surface area contributed by atoms with Gasteiger partial charge in [0.2, 0.25) is 0 Å². The highest BCUT2D eigenvalue weighted by atomic mass is 19.4. The molecule has 2 amide bonds. The third-order valence-electron chi connectivity index (χ3n) is 5.17. The van der Waals surface area contributed by atoms with E-state index in [0.717, 1.165) is 29.9 Å². The van der Waals surface area contributed by atoms with Crippen LogP contribution in [0.25, 0.3) is 0 Å². The number of amides is 2. The van der Waals surface area contributed by atoms with Crippen LogP contribution in [0.1, 0.15) is 30.9 Å². The highest BCUT2D eigenvalue weighted by Gasteiger charge is 2.27. The van der Waals surface area contributed by atoms with Crippen molar-refractivity contribution >= 4 is 6.03 Å². The molecule has 1 saturated heterocycles. The Morgan fingerprint density at radius 3 is 2.30 bits per heavy atom. The molecule has 2 aromatic rings. The number of benzene rings is 2. The largest absolute Gasteiger partial charge is 0.490 e. The first-order valence-electron chi connectivity index (χ1n) is 11.0. The summed E-state index contributed by atoms with van der Waals surface area (Å²) >= 11 is 0. The lowest BCUT2D eigenvalue weighted by atomic mass is 10.1. The van der Waals surface area contributed by atoms with Crippen LogP contribution in [0.3, 0.4) is 0 Å². The lowest BCUT2D eigenvalue weighted by Gasteiger charge is -2.32. The van der Waals surface area contributed by atoms with Gasteiger partial charge in [-0.05, 0) is 30.2 Å². The van der Waals surface area contributed by atoms with Gasteiger partial charge in [0.05, 0.1) is 13.2 Å². The average Bonchev–Trinajstić information content (AvgIpc) is 2.79. The molecular formula is C24H29F3N2O4. The molecule has 6 nitrogen and oxygen atoms in total. The second kappa shape index (κ2) is 11.8. The molecule has 1 aliphatic rings. The van der Waals surface area contributed by atoms with Crippen molar-refractivity contribution in [3.8, 4) is 11.5 Å². The monoisotopic (exact) mass is 466 g/mol. The van der Waals surface area contributed by atoms with Crippen LogP contribution in [0.5, 0.6) is 11.5 Å². The lowest BCUT2D eigenvalue weighted by molar-refractivity contribution is -0.176. The fourth-order valence-electron chi connectivity index (χ4n) is 3.51. The van der Waals surface area contributed by atoms with Crippen molar-refractivity contribution in [2.24, 2.45) is 0 Å². The van der Waals surface area contributed by atoms with Gasteiger partial charge < -0.3 is 24.4 Å². The predicted octanol–water partition coefficient (Wildman–Crippen LogP) is 4.92. The minimum Gasteiger partial charge on any atom is -0.490 e. The predicted molar refractivity (Wildman–Crippen MR) is 117 cm³/mol. The van der Waals surface area contributed by atoms with E-state index < -0.39 is 12.8 Å². The number of urea groups is 1. The molecule has 1 fully saturated rings. The molecule has 0 unspecified atom stereocenters. The zero-order valence-electron chi connectivity index (χ0n) is 18.6. The second-order valence-corrected chi connectivity index (χ2v) is 7.77. The standard InChI is InChI=1S/C24H29F3N2O4/c1-2-32-21-5-3-4-6-22(21)33-20-11-13-29(14-12-20)23(30)28-15-18-7-9-19(10-8-18)16-31-17-24(25,26)27/h3-10,20H,2,11-17H2,1H3,(H,28,30). The fourth-order valence-corrected chi connectivity index (χ4v) is 3.51. The molecule has 33 heavy (non-hydrogen) atoms. The van der Waals surface area contributed by atoms with Crippen molar-refractivity contribution in [2.45, 2.75) is 45.2 Å². The fraction of sp³-hybridized carbons (Fsp3) is 0.458. The molecule has 0 spiro atoms. The molecule has 1 heterocycles. The van der Waals surface area contributed by atoms with Crippen LogP contribution in [0.2, 0.25) is 0 Å². The van der Waals surface area contributed by atoms with Crippen LogP contribution in [0.4, 0.5) is 18.0 Å². The molecule has 0 bridgehead atoms. The molecule has 3 rings (SSSR count). The smallest absolute Gasteiger partial charge is 0.411 e. The maximum atomic E-state index is 12.5. The molecule has 2 aromatic carbocycles. The van der Waals surface area contributed by atoms with Crippen molar-refractivity contribution in [1.82, 2.24) is 10.2 Å². The summed E-state index contributed by atoms with van der Waals surface area (Å²) in [6, 6.07) is 14.3. The van der Waals surface area contributed by atoms with E-state index in [1.165, 1.54) is 0 Å². The Morgan fingerprint density at radius 1 is 1.03 bits per heavy atom. The highest BCUT2D eigenvalue weighted by Crippen LogP contribution is 2.29. The van der Waals surface area contributed by atoms with Crippen molar-refractivity contribution < 1.29 is 32.2 Å². The molecular weight excluding hydrogens is 437 g/mol. The number of ether oxygens (including phenoxy) is 3. The van der Waals surface area contributed by atoms with Gasteiger partial charge in [0.1, 0.15) is 12.7 Å². The number of hydrogen-bond donors (Lipinski definition) is 1. The molecule has 0 aliphatic carbocycles. The van der Waals surface area contributed by atoms with Crippen LogP contribution in [-0.4, -0.2) is 49.5 Å². The van der Waals surface area contributed by atoms with Gasteiger partial charge >= 0.3 is 12.2 Å². The number of likely N-dealkylation sites (tertiary alicyclic amines) is 1. The summed E-state index contributed by atoms with van der Waals surface area (Å²) in [7, 11) is 0. The molecule has 0 aromatic heterocycles. The topological polar surface area (TPSA) is 60.0 Å². The van der Waals surface area contributed by atoms with Crippen molar-refractivity contribution in [3.05, 3.63) is 59.7 Å². The van der Waals surface area contributed by atoms with Crippen molar-refractivity contribution in [3.63, 3.8) is 0 Å². The Balaban J connectivity index is 1.39. The quantitative estimate of drug-likeness (QED) is 0.570. The molecule has 1 N–H and O–H groups in total. The van der Waals surface area contributed by atoms with E-state index in [1.54, 1.807) is 29.2 Å². The lowest BCUT2D eigenvalue weighted by Crippen LogP contribution is -2.46. The first kappa shape index (κ1) is 24.7. The SMILES string of the molecule is CCOc1ccccc1OC1CCN(C(=O)NCc2ccc(COCC(F)(F)F)cc2)CC1. The van der Waals surface area contributed by atoms with Crippen LogP contribution in [-0.2, 0) is 17.9 Å². The van der Waals surface area contributed by atoms with E-state index in [0.29, 0.717) is 31.8 Å². The second-order valence-electron chi connectivity index (χ2n) is 7.77. The zero-order valence-corrected chi connectivity index (χ0v) is 18.6. The normalized spacial score (nSPS) is 14.7. The summed E-state index contributed by atoms with van der Waals surface area (Å²) < 4.78 is 52.8. The number of para-hydroxylation sites is 2. The molecule has 0 radical (unpaired) electrons. The summed E-state index contributed by atoms with van der Waals surface area (Å²) in [5, 5.41) is 2.89. The summed E-state index contributed by atoms with van der Waals surface area (Å²) in [6.07, 6.45) is -2.87. The van der Waals surface area contributed by atoms with Gasteiger partial charge in [-0.15, -0.1) is 0 Å². The third-order valence-corrected chi connectivity index (χ3v) is 5.17. The number of hydrogen-bond acceptors (Lipinski definition) is 4. The van der Waals surface area contributed by atoms with Crippen LogP contribution in [0.15, 0.2) is 48.5 Å². The van der Waals surface area contributed by atoms with E-state index in [4.69, 9.17) is 9.47 Å². The van der Waals surface area contributed by atoms with E-state index in [2.05, 4.69) is 10.1 Å². The molecule has 0 atom stereocenters. The summed E-state index contributed by atoms with van der Waals surface area (Å²) in [5.74, 6) is 1.44. The first-order valence-corrected chi connectivity index (χ1v) is 11.0. The molecule has 9 heteroatoms. The van der Waals surface area contributed by atoms with Crippen molar-refractivity contribution in [2.75, 3.05) is 26.3 Å². The van der Waals surface area contributed by atoms with Gasteiger partial charge in [0, 0.05) is 32.5 Å². The van der Waals surface area contributed by atoms with Gasteiger partial charge in [0.15, 0.2) is 11.5 Å². The van der Waals surface area contributed by atoms with E-state index in [9.17, 15) is 18.0 Å². The highest BCUT2D eigenvalue weighted by molar-refractivity contribution is 5.74. The third kappa shape index (κ3) is 8.16. The number of piperidine rings is 1. The number of alkyl halides is 3. The summed E-state index contributed by atoms with van der Waals surface area (Å²) in [5.41, 5.74) is 1.50. The Hall–Kier alpha value is -2.94. The van der Waals surface area contributed by atoms with Gasteiger partial charge in [-0.25, -0.2) is 4.79 Å². The zero-order chi connectivity index (χ0) is 23.7. The summed E-state index contributed by atoms with van der Waals surface area (Å²) in [6.45, 7) is 2.61. The van der Waals surface area contributed by atoms with Crippen LogP contribution in [0, 0.1) is 0 Å². The first-order chi connectivity index (χ1) is 15.8. The van der Waals surface area contributed by atoms with Gasteiger partial charge in [-0.1, -0.05) is 36.4 Å². The minimum atomic E-state index is -4.33. The summed E-state index contributed by atoms with van der Waals surface area (Å²) in [4.78, 5) is 14.3. The maximum absolute atomic E-state index is 12.5. The van der Waals surface area contributed by atoms with Gasteiger partial charge in [0.25, 0.3) is 0 Å². The number of nitrogens with zero attached hydrogens (tertiary/aromatic N) is 1. The number of halogens is 3. The Morgan fingerprint density at radius 2 is 1.67 bits per heavy atom. The van der Waals surface area contributed by atoms with Gasteiger partial charge in [-0.3, -0.25) is 0 Å². The Kier molecular flexibility index (Phi) is 8.82. The van der Waals surface area contributed by atoms with Crippen LogP contribution < -0.4 is 14.8 Å².